The van der Waals surface area contributed by atoms with E-state index in [1.165, 1.54) is 41.8 Å². The second-order valence-corrected chi connectivity index (χ2v) is 10.5. The second kappa shape index (κ2) is 12.4. The standard InChI is InChI=1S/C30H31F3N6O4/c1-18(2)38-14-12-20(13-15-38)19-4-6-21(7-5-19)35-29-34-16-24-26(40)25(28(41)37-42-3)17-39(27(24)36-29)22-8-10-23(11-9-22)43-30(31,32)33/h4-11,16-18,20H,12-15H2,1-3H3,(H,37,41)(H,34,35,36). The summed E-state index contributed by atoms with van der Waals surface area (Å²) in [6.45, 7) is 6.58. The number of hydrogen-bond donors (Lipinski definition) is 2. The van der Waals surface area contributed by atoms with Crippen LogP contribution in [-0.4, -0.2) is 57.9 Å². The molecule has 0 radical (unpaired) electrons. The van der Waals surface area contributed by atoms with Crippen molar-refractivity contribution >= 4 is 28.6 Å². The zero-order valence-electron chi connectivity index (χ0n) is 23.8. The first-order valence-electron chi connectivity index (χ1n) is 13.8. The topological polar surface area (TPSA) is 111 Å². The highest BCUT2D eigenvalue weighted by Crippen LogP contribution is 2.30. The van der Waals surface area contributed by atoms with Crippen molar-refractivity contribution in [2.24, 2.45) is 0 Å². The summed E-state index contributed by atoms with van der Waals surface area (Å²) in [7, 11) is 1.22. The SMILES string of the molecule is CONC(=O)c1cn(-c2ccc(OC(F)(F)F)cc2)c2nc(Nc3ccc(C4CCN(C(C)C)CC4)cc3)ncc2c1=O. The van der Waals surface area contributed by atoms with E-state index in [0.717, 1.165) is 43.8 Å². The number of halogens is 3. The molecule has 5 rings (SSSR count). The van der Waals surface area contributed by atoms with Gasteiger partial charge in [-0.3, -0.25) is 14.4 Å². The minimum atomic E-state index is -4.85. The maximum Gasteiger partial charge on any atom is 0.573 e. The number of alkyl halides is 3. The number of carbonyl (C=O) groups is 1. The largest absolute Gasteiger partial charge is 0.573 e. The second-order valence-electron chi connectivity index (χ2n) is 10.5. The normalized spacial score (nSPS) is 14.7. The smallest absolute Gasteiger partial charge is 0.406 e. The first kappa shape index (κ1) is 30.0. The molecule has 1 fully saturated rings. The number of aromatic nitrogens is 3. The summed E-state index contributed by atoms with van der Waals surface area (Å²) >= 11 is 0. The summed E-state index contributed by atoms with van der Waals surface area (Å²) in [6.07, 6.45) is -0.109. The van der Waals surface area contributed by atoms with Gasteiger partial charge in [0, 0.05) is 29.8 Å². The Bertz CT molecular complexity index is 1650. The quantitative estimate of drug-likeness (QED) is 0.264. The van der Waals surface area contributed by atoms with E-state index < -0.39 is 23.4 Å². The van der Waals surface area contributed by atoms with Crippen LogP contribution in [0.3, 0.4) is 0 Å². The van der Waals surface area contributed by atoms with Gasteiger partial charge < -0.3 is 19.5 Å². The molecule has 0 spiro atoms. The highest BCUT2D eigenvalue weighted by molar-refractivity contribution is 5.96. The van der Waals surface area contributed by atoms with E-state index in [9.17, 15) is 22.8 Å². The van der Waals surface area contributed by atoms with Gasteiger partial charge in [-0.25, -0.2) is 10.5 Å². The molecule has 10 nitrogen and oxygen atoms in total. The molecule has 0 bridgehead atoms. The van der Waals surface area contributed by atoms with Crippen LogP contribution in [0.5, 0.6) is 5.75 Å². The Morgan fingerprint density at radius 2 is 1.72 bits per heavy atom. The zero-order chi connectivity index (χ0) is 30.7. The van der Waals surface area contributed by atoms with E-state index in [1.54, 1.807) is 0 Å². The Kier molecular flexibility index (Phi) is 8.64. The lowest BCUT2D eigenvalue weighted by Gasteiger charge is -2.34. The van der Waals surface area contributed by atoms with Crippen LogP contribution in [0.4, 0.5) is 24.8 Å². The molecule has 1 saturated heterocycles. The monoisotopic (exact) mass is 596 g/mol. The highest BCUT2D eigenvalue weighted by atomic mass is 19.4. The summed E-state index contributed by atoms with van der Waals surface area (Å²) in [6, 6.07) is 13.5. The molecule has 2 aromatic carbocycles. The average Bonchev–Trinajstić information content (AvgIpc) is 2.98. The van der Waals surface area contributed by atoms with E-state index in [-0.39, 0.29) is 22.5 Å². The third-order valence-electron chi connectivity index (χ3n) is 7.43. The van der Waals surface area contributed by atoms with E-state index in [1.807, 2.05) is 12.1 Å². The fraction of sp³-hybridized carbons (Fsp3) is 0.333. The van der Waals surface area contributed by atoms with Gasteiger partial charge in [0.2, 0.25) is 11.4 Å². The molecule has 226 valence electrons. The van der Waals surface area contributed by atoms with Crippen molar-refractivity contribution in [3.8, 4) is 11.4 Å². The van der Waals surface area contributed by atoms with Crippen molar-refractivity contribution in [3.05, 3.63) is 82.3 Å². The number of benzene rings is 2. The van der Waals surface area contributed by atoms with Gasteiger partial charge in [0.1, 0.15) is 11.3 Å². The molecule has 43 heavy (non-hydrogen) atoms. The number of amides is 1. The molecule has 1 aliphatic heterocycles. The average molecular weight is 597 g/mol. The minimum Gasteiger partial charge on any atom is -0.406 e. The Morgan fingerprint density at radius 1 is 1.05 bits per heavy atom. The van der Waals surface area contributed by atoms with Crippen LogP contribution in [0.1, 0.15) is 48.5 Å². The van der Waals surface area contributed by atoms with E-state index >= 15 is 0 Å². The van der Waals surface area contributed by atoms with Crippen LogP contribution in [0.15, 0.2) is 65.7 Å². The fourth-order valence-electron chi connectivity index (χ4n) is 5.20. The van der Waals surface area contributed by atoms with Gasteiger partial charge in [0.15, 0.2) is 5.65 Å². The predicted octanol–water partition coefficient (Wildman–Crippen LogP) is 5.30. The molecular formula is C30H31F3N6O4. The molecule has 0 aliphatic carbocycles. The van der Waals surface area contributed by atoms with E-state index in [4.69, 9.17) is 0 Å². The van der Waals surface area contributed by atoms with Gasteiger partial charge in [-0.1, -0.05) is 12.1 Å². The Balaban J connectivity index is 1.45. The summed E-state index contributed by atoms with van der Waals surface area (Å²) in [5, 5.41) is 3.17. The summed E-state index contributed by atoms with van der Waals surface area (Å²) in [5.41, 5.74) is 3.65. The molecule has 4 aromatic rings. The van der Waals surface area contributed by atoms with Crippen molar-refractivity contribution < 1.29 is 27.5 Å². The van der Waals surface area contributed by atoms with Crippen molar-refractivity contribution in [2.45, 2.75) is 45.0 Å². The Labute approximate surface area is 245 Å². The lowest BCUT2D eigenvalue weighted by Crippen LogP contribution is -2.37. The minimum absolute atomic E-state index is 0.0213. The number of ether oxygens (including phenoxy) is 1. The Morgan fingerprint density at radius 3 is 2.33 bits per heavy atom. The van der Waals surface area contributed by atoms with Crippen LogP contribution < -0.4 is 21.0 Å². The number of rotatable bonds is 8. The van der Waals surface area contributed by atoms with Crippen molar-refractivity contribution in [3.63, 3.8) is 0 Å². The molecule has 0 atom stereocenters. The first-order valence-corrected chi connectivity index (χ1v) is 13.8. The van der Waals surface area contributed by atoms with Gasteiger partial charge in [0.05, 0.1) is 12.5 Å². The molecule has 2 N–H and O–H groups in total. The lowest BCUT2D eigenvalue weighted by molar-refractivity contribution is -0.274. The number of hydrogen-bond acceptors (Lipinski definition) is 8. The molecule has 1 amide bonds. The van der Waals surface area contributed by atoms with Crippen LogP contribution in [-0.2, 0) is 4.84 Å². The third-order valence-corrected chi connectivity index (χ3v) is 7.43. The summed E-state index contributed by atoms with van der Waals surface area (Å²) in [5.74, 6) is -0.556. The summed E-state index contributed by atoms with van der Waals surface area (Å²) < 4.78 is 43.4. The van der Waals surface area contributed by atoms with Crippen LogP contribution in [0.25, 0.3) is 16.7 Å². The maximum absolute atomic E-state index is 13.2. The van der Waals surface area contributed by atoms with Crippen molar-refractivity contribution in [2.75, 3.05) is 25.5 Å². The number of likely N-dealkylation sites (tertiary alicyclic amines) is 1. The molecule has 1 aliphatic rings. The van der Waals surface area contributed by atoms with Crippen LogP contribution >= 0.6 is 0 Å². The molecule has 3 heterocycles. The number of anilines is 2. The van der Waals surface area contributed by atoms with Gasteiger partial charge in [-0.2, -0.15) is 4.98 Å². The zero-order valence-corrected chi connectivity index (χ0v) is 23.8. The first-order chi connectivity index (χ1) is 20.5. The highest BCUT2D eigenvalue weighted by Gasteiger charge is 2.31. The third kappa shape index (κ3) is 6.95. The fourth-order valence-corrected chi connectivity index (χ4v) is 5.20. The van der Waals surface area contributed by atoms with Crippen LogP contribution in [0.2, 0.25) is 0 Å². The Hall–Kier alpha value is -4.49. The number of carbonyl (C=O) groups excluding carboxylic acids is 1. The molecular weight excluding hydrogens is 565 g/mol. The van der Waals surface area contributed by atoms with Crippen molar-refractivity contribution in [1.82, 2.24) is 24.9 Å². The van der Waals surface area contributed by atoms with Crippen LogP contribution in [0, 0.1) is 0 Å². The number of piperidine rings is 1. The molecule has 0 saturated carbocycles. The van der Waals surface area contributed by atoms with Gasteiger partial charge in [-0.05, 0) is 87.7 Å². The number of fused-ring (bicyclic) bond motifs is 1. The predicted molar refractivity (Wildman–Crippen MR) is 155 cm³/mol. The number of nitrogens with zero attached hydrogens (tertiary/aromatic N) is 4. The van der Waals surface area contributed by atoms with Gasteiger partial charge in [-0.15, -0.1) is 13.2 Å². The number of nitrogens with one attached hydrogen (secondary N) is 2. The lowest BCUT2D eigenvalue weighted by atomic mass is 9.89. The molecule has 2 aromatic heterocycles. The van der Waals surface area contributed by atoms with Gasteiger partial charge in [0.25, 0.3) is 5.91 Å². The number of hydroxylamine groups is 1. The van der Waals surface area contributed by atoms with E-state index in [0.29, 0.717) is 17.6 Å². The molecule has 0 unspecified atom stereocenters. The summed E-state index contributed by atoms with van der Waals surface area (Å²) in [4.78, 5) is 41.7. The van der Waals surface area contributed by atoms with Crippen molar-refractivity contribution in [1.29, 1.82) is 0 Å². The maximum atomic E-state index is 13.2. The molecule has 13 heteroatoms. The van der Waals surface area contributed by atoms with E-state index in [2.05, 4.69) is 61.2 Å². The number of pyridine rings is 1. The van der Waals surface area contributed by atoms with Gasteiger partial charge >= 0.3 is 6.36 Å².